The van der Waals surface area contributed by atoms with Crippen molar-refractivity contribution in [2.24, 2.45) is 0 Å². The normalized spacial score (nSPS) is 12.3. The zero-order valence-electron chi connectivity index (χ0n) is 11.0. The number of rotatable bonds is 4. The van der Waals surface area contributed by atoms with Gasteiger partial charge in [-0.15, -0.1) is 11.6 Å². The van der Waals surface area contributed by atoms with Crippen LogP contribution in [-0.2, 0) is 6.42 Å². The Hall–Kier alpha value is -0.120. The molecule has 0 saturated carbocycles. The molecule has 6 heteroatoms. The average Bonchev–Trinajstić information content (AvgIpc) is 2.42. The summed E-state index contributed by atoms with van der Waals surface area (Å²) in [5.74, 6) is 0.680. The summed E-state index contributed by atoms with van der Waals surface area (Å²) >= 11 is 28.0. The maximum atomic E-state index is 6.53. The van der Waals surface area contributed by atoms with E-state index < -0.39 is 0 Å². The van der Waals surface area contributed by atoms with Crippen LogP contribution in [0.5, 0.6) is 5.75 Å². The Kier molecular flexibility index (Phi) is 6.10. The van der Waals surface area contributed by atoms with Gasteiger partial charge in [-0.25, -0.2) is 0 Å². The van der Waals surface area contributed by atoms with Gasteiger partial charge in [-0.3, -0.25) is 0 Å². The van der Waals surface area contributed by atoms with Crippen molar-refractivity contribution in [3.05, 3.63) is 61.0 Å². The fourth-order valence-corrected chi connectivity index (χ4v) is 3.67. The second-order valence-electron chi connectivity index (χ2n) is 4.43. The minimum absolute atomic E-state index is 0.299. The first-order valence-corrected chi connectivity index (χ1v) is 8.39. The Balaban J connectivity index is 2.31. The highest BCUT2D eigenvalue weighted by Crippen LogP contribution is 2.40. The first-order chi connectivity index (χ1) is 9.92. The molecule has 0 N–H and O–H groups in total. The maximum absolute atomic E-state index is 6.53. The van der Waals surface area contributed by atoms with Gasteiger partial charge >= 0.3 is 0 Å². The molecular formula is C15H11BrCl4O. The molecule has 2 aromatic carbocycles. The number of alkyl halides is 1. The van der Waals surface area contributed by atoms with Crippen LogP contribution in [0.3, 0.4) is 0 Å². The largest absolute Gasteiger partial charge is 0.495 e. The summed E-state index contributed by atoms with van der Waals surface area (Å²) in [7, 11) is 1.60. The third kappa shape index (κ3) is 4.20. The number of hydrogen-bond donors (Lipinski definition) is 0. The van der Waals surface area contributed by atoms with E-state index in [0.29, 0.717) is 27.2 Å². The second kappa shape index (κ2) is 7.43. The summed E-state index contributed by atoms with van der Waals surface area (Å²) in [6, 6.07) is 9.04. The lowest BCUT2D eigenvalue weighted by Gasteiger charge is -2.16. The van der Waals surface area contributed by atoms with Gasteiger partial charge in [-0.2, -0.15) is 0 Å². The van der Waals surface area contributed by atoms with Crippen LogP contribution >= 0.6 is 62.3 Å². The lowest BCUT2D eigenvalue weighted by Crippen LogP contribution is -2.00. The minimum atomic E-state index is -0.299. The quantitative estimate of drug-likeness (QED) is 0.479. The number of ether oxygens (including phenoxy) is 1. The van der Waals surface area contributed by atoms with Crippen molar-refractivity contribution in [1.82, 2.24) is 0 Å². The zero-order chi connectivity index (χ0) is 15.6. The highest BCUT2D eigenvalue weighted by atomic mass is 79.9. The summed E-state index contributed by atoms with van der Waals surface area (Å²) in [6.45, 7) is 0. The van der Waals surface area contributed by atoms with Crippen LogP contribution in [0, 0.1) is 0 Å². The zero-order valence-corrected chi connectivity index (χ0v) is 15.6. The molecule has 0 aliphatic heterocycles. The van der Waals surface area contributed by atoms with Crippen molar-refractivity contribution >= 4 is 62.3 Å². The molecular weight excluding hydrogens is 418 g/mol. The highest BCUT2D eigenvalue weighted by molar-refractivity contribution is 9.10. The second-order valence-corrected chi connectivity index (χ2v) is 7.06. The first kappa shape index (κ1) is 17.2. The SMILES string of the molecule is COc1c(Br)cc(Cl)cc1C(Cl)Cc1ccc(Cl)c(Cl)c1. The lowest BCUT2D eigenvalue weighted by atomic mass is 10.0. The highest BCUT2D eigenvalue weighted by Gasteiger charge is 2.18. The Morgan fingerprint density at radius 3 is 2.43 bits per heavy atom. The molecule has 0 aromatic heterocycles. The molecule has 2 aromatic rings. The van der Waals surface area contributed by atoms with E-state index in [1.807, 2.05) is 12.1 Å². The molecule has 0 aliphatic rings. The van der Waals surface area contributed by atoms with Gasteiger partial charge in [0.05, 0.1) is 27.0 Å². The van der Waals surface area contributed by atoms with Gasteiger partial charge in [-0.05, 0) is 52.2 Å². The lowest BCUT2D eigenvalue weighted by molar-refractivity contribution is 0.406. The van der Waals surface area contributed by atoms with E-state index in [2.05, 4.69) is 15.9 Å². The average molecular weight is 429 g/mol. The predicted octanol–water partition coefficient (Wildman–Crippen LogP) is 6.94. The Morgan fingerprint density at radius 1 is 1.10 bits per heavy atom. The molecule has 0 heterocycles. The van der Waals surface area contributed by atoms with Crippen LogP contribution in [0.15, 0.2) is 34.8 Å². The van der Waals surface area contributed by atoms with Crippen LogP contribution < -0.4 is 4.74 Å². The van der Waals surface area contributed by atoms with Gasteiger partial charge in [0.2, 0.25) is 0 Å². The summed E-state index contributed by atoms with van der Waals surface area (Å²) in [6.07, 6.45) is 0.585. The number of methoxy groups -OCH3 is 1. The number of hydrogen-bond acceptors (Lipinski definition) is 1. The van der Waals surface area contributed by atoms with Crippen molar-refractivity contribution < 1.29 is 4.74 Å². The molecule has 0 radical (unpaired) electrons. The topological polar surface area (TPSA) is 9.23 Å². The van der Waals surface area contributed by atoms with Gasteiger partial charge in [0.1, 0.15) is 5.75 Å². The molecule has 1 atom stereocenters. The van der Waals surface area contributed by atoms with Crippen molar-refractivity contribution in [1.29, 1.82) is 0 Å². The van der Waals surface area contributed by atoms with Crippen molar-refractivity contribution in [3.8, 4) is 5.75 Å². The van der Waals surface area contributed by atoms with Crippen molar-refractivity contribution in [2.75, 3.05) is 7.11 Å². The molecule has 0 bridgehead atoms. The standard InChI is InChI=1S/C15H11BrCl4O/c1-21-15-10(6-9(17)7-11(15)16)13(19)4-8-2-3-12(18)14(20)5-8/h2-3,5-7,13H,4H2,1H3. The fraction of sp³-hybridized carbons (Fsp3) is 0.200. The third-order valence-electron chi connectivity index (χ3n) is 2.98. The summed E-state index contributed by atoms with van der Waals surface area (Å²) in [5.41, 5.74) is 1.81. The Morgan fingerprint density at radius 2 is 1.81 bits per heavy atom. The Labute approximate surface area is 152 Å². The van der Waals surface area contributed by atoms with Gasteiger partial charge in [-0.1, -0.05) is 40.9 Å². The summed E-state index contributed by atoms with van der Waals surface area (Å²) in [4.78, 5) is 0. The van der Waals surface area contributed by atoms with E-state index in [9.17, 15) is 0 Å². The first-order valence-electron chi connectivity index (χ1n) is 6.03. The maximum Gasteiger partial charge on any atom is 0.137 e. The monoisotopic (exact) mass is 426 g/mol. The summed E-state index contributed by atoms with van der Waals surface area (Å²) < 4.78 is 6.17. The van der Waals surface area contributed by atoms with Crippen molar-refractivity contribution in [2.45, 2.75) is 11.8 Å². The molecule has 1 nitrogen and oxygen atoms in total. The van der Waals surface area contributed by atoms with Gasteiger partial charge in [0.25, 0.3) is 0 Å². The predicted molar refractivity (Wildman–Crippen MR) is 94.5 cm³/mol. The molecule has 21 heavy (non-hydrogen) atoms. The van der Waals surface area contributed by atoms with E-state index in [1.54, 1.807) is 25.3 Å². The number of halogens is 5. The minimum Gasteiger partial charge on any atom is -0.495 e. The molecule has 2 rings (SSSR count). The molecule has 0 aliphatic carbocycles. The fourth-order valence-electron chi connectivity index (χ4n) is 2.01. The smallest absolute Gasteiger partial charge is 0.137 e. The van der Waals surface area contributed by atoms with Crippen LogP contribution in [0.25, 0.3) is 0 Å². The van der Waals surface area contributed by atoms with E-state index in [0.717, 1.165) is 15.6 Å². The Bertz CT molecular complexity index is 660. The molecule has 0 saturated heterocycles. The van der Waals surface area contributed by atoms with E-state index in [1.165, 1.54) is 0 Å². The molecule has 1 unspecified atom stereocenters. The van der Waals surface area contributed by atoms with Crippen molar-refractivity contribution in [3.63, 3.8) is 0 Å². The molecule has 112 valence electrons. The van der Waals surface area contributed by atoms with Gasteiger partial charge < -0.3 is 4.74 Å². The van der Waals surface area contributed by atoms with Gasteiger partial charge in [0.15, 0.2) is 0 Å². The van der Waals surface area contributed by atoms with Gasteiger partial charge in [0, 0.05) is 10.6 Å². The van der Waals surface area contributed by atoms with Crippen LogP contribution in [0.1, 0.15) is 16.5 Å². The summed E-state index contributed by atoms with van der Waals surface area (Å²) in [5, 5.41) is 1.33. The molecule has 0 amide bonds. The number of benzene rings is 2. The molecule has 0 spiro atoms. The van der Waals surface area contributed by atoms with Crippen LogP contribution in [0.4, 0.5) is 0 Å². The van der Waals surface area contributed by atoms with E-state index >= 15 is 0 Å². The third-order valence-corrected chi connectivity index (χ3v) is 4.91. The molecule has 0 fully saturated rings. The van der Waals surface area contributed by atoms with Crippen LogP contribution in [-0.4, -0.2) is 7.11 Å². The van der Waals surface area contributed by atoms with E-state index in [4.69, 9.17) is 51.1 Å². The van der Waals surface area contributed by atoms with E-state index in [-0.39, 0.29) is 5.38 Å². The van der Waals surface area contributed by atoms with Crippen LogP contribution in [0.2, 0.25) is 15.1 Å².